The van der Waals surface area contributed by atoms with Crippen LogP contribution in [-0.4, -0.2) is 91.4 Å². The van der Waals surface area contributed by atoms with E-state index in [1.54, 1.807) is 23.1 Å². The fourth-order valence-corrected chi connectivity index (χ4v) is 9.27. The number of amides is 2. The van der Waals surface area contributed by atoms with E-state index in [-0.39, 0.29) is 23.5 Å². The number of ether oxygens (including phenoxy) is 1. The summed E-state index contributed by atoms with van der Waals surface area (Å²) in [6, 6.07) is 13.2. The average molecular weight is 833 g/mol. The summed E-state index contributed by atoms with van der Waals surface area (Å²) in [4.78, 5) is 36.3. The van der Waals surface area contributed by atoms with Gasteiger partial charge in [-0.3, -0.25) is 10.00 Å². The standard InChI is InChI=1S/C33H41ClN7O3P.C10H17NO2/c1-31(2,3)33(32(4,5)6)18-20(15-16-41(33)30(42)43)27-22-17-21(13-14-24(22)39-40-27)36-29-35-19-23(34)28(38-29)37-25-11-9-10-12-26(25)45(7,8)44;1-10(2,3)13-9(12)11-7-5-4-6-8-11/h9-15,17,19H,16,18H2,1-8H3,(H,39,40)(H,42,43)(H2,35,36,37,38);4-5H,6-8H2,1-3H3. The highest BCUT2D eigenvalue weighted by Crippen LogP contribution is 2.55. The first-order valence-electron chi connectivity index (χ1n) is 19.4. The van der Waals surface area contributed by atoms with Gasteiger partial charge in [0.05, 0.1) is 28.6 Å². The smallest absolute Gasteiger partial charge is 0.410 e. The van der Waals surface area contributed by atoms with Gasteiger partial charge in [-0.05, 0) is 93.7 Å². The number of benzene rings is 2. The summed E-state index contributed by atoms with van der Waals surface area (Å²) in [5.74, 6) is 0.713. The first kappa shape index (κ1) is 44.2. The zero-order valence-corrected chi connectivity index (χ0v) is 37.2. The number of nitrogens with zero attached hydrogens (tertiary/aromatic N) is 5. The van der Waals surface area contributed by atoms with Crippen molar-refractivity contribution in [3.63, 3.8) is 0 Å². The molecule has 6 rings (SSSR count). The number of carbonyl (C=O) groups excluding carboxylic acids is 1. The first-order valence-corrected chi connectivity index (χ1v) is 22.4. The lowest BCUT2D eigenvalue weighted by Crippen LogP contribution is -2.67. The molecule has 0 saturated carbocycles. The predicted octanol–water partition coefficient (Wildman–Crippen LogP) is 10.5. The number of hydrogen-bond donors (Lipinski definition) is 4. The molecule has 4 heterocycles. The van der Waals surface area contributed by atoms with Crippen LogP contribution in [-0.2, 0) is 9.30 Å². The molecule has 0 atom stereocenters. The number of carboxylic acid groups (broad SMARTS) is 1. The maximum atomic E-state index is 12.9. The molecule has 312 valence electrons. The molecule has 0 fully saturated rings. The number of halogens is 1. The topological polar surface area (TPSA) is 166 Å². The molecule has 13 nitrogen and oxygen atoms in total. The Morgan fingerprint density at radius 3 is 2.26 bits per heavy atom. The van der Waals surface area contributed by atoms with Crippen LogP contribution in [0.2, 0.25) is 5.02 Å². The molecule has 2 aromatic heterocycles. The van der Waals surface area contributed by atoms with E-state index in [1.165, 1.54) is 6.20 Å². The third kappa shape index (κ3) is 9.86. The van der Waals surface area contributed by atoms with Crippen molar-refractivity contribution in [2.45, 2.75) is 86.3 Å². The van der Waals surface area contributed by atoms with Crippen molar-refractivity contribution in [3.05, 3.63) is 77.6 Å². The Bertz CT molecular complexity index is 2250. The van der Waals surface area contributed by atoms with Crippen LogP contribution in [0.25, 0.3) is 16.5 Å². The second kappa shape index (κ2) is 16.8. The average Bonchev–Trinajstić information content (AvgIpc) is 3.55. The number of rotatable bonds is 6. The van der Waals surface area contributed by atoms with Gasteiger partial charge in [0.2, 0.25) is 5.95 Å². The molecule has 15 heteroatoms. The number of nitrogens with one attached hydrogen (secondary N) is 3. The Balaban J connectivity index is 0.000000419. The molecule has 2 aliphatic heterocycles. The number of carbonyl (C=O) groups is 2. The predicted molar refractivity (Wildman–Crippen MR) is 236 cm³/mol. The van der Waals surface area contributed by atoms with Crippen LogP contribution in [0.5, 0.6) is 0 Å². The Labute approximate surface area is 347 Å². The lowest BCUT2D eigenvalue weighted by molar-refractivity contribution is -0.0684. The third-order valence-electron chi connectivity index (χ3n) is 10.5. The van der Waals surface area contributed by atoms with Gasteiger partial charge in [0.25, 0.3) is 0 Å². The van der Waals surface area contributed by atoms with Crippen molar-refractivity contribution in [2.24, 2.45) is 10.8 Å². The van der Waals surface area contributed by atoms with Crippen LogP contribution in [0, 0.1) is 10.8 Å². The van der Waals surface area contributed by atoms with E-state index in [1.807, 2.05) is 75.4 Å². The van der Waals surface area contributed by atoms with E-state index in [0.717, 1.165) is 40.8 Å². The molecule has 2 amide bonds. The second-order valence-electron chi connectivity index (χ2n) is 18.2. The Morgan fingerprint density at radius 2 is 1.66 bits per heavy atom. The molecule has 0 aliphatic carbocycles. The van der Waals surface area contributed by atoms with Gasteiger partial charge in [-0.2, -0.15) is 10.1 Å². The molecule has 0 saturated heterocycles. The highest BCUT2D eigenvalue weighted by atomic mass is 35.5. The molecule has 4 aromatic rings. The van der Waals surface area contributed by atoms with Gasteiger partial charge >= 0.3 is 12.2 Å². The number of aromatic amines is 1. The summed E-state index contributed by atoms with van der Waals surface area (Å²) in [5, 5.41) is 26.5. The van der Waals surface area contributed by atoms with Crippen LogP contribution < -0.4 is 15.9 Å². The van der Waals surface area contributed by atoms with Crippen LogP contribution in [0.1, 0.15) is 80.8 Å². The zero-order chi connectivity index (χ0) is 42.8. The number of fused-ring (bicyclic) bond motifs is 1. The second-order valence-corrected chi connectivity index (χ2v) is 21.8. The molecule has 58 heavy (non-hydrogen) atoms. The fourth-order valence-electron chi connectivity index (χ4n) is 7.98. The minimum absolute atomic E-state index is 0.211. The van der Waals surface area contributed by atoms with Crippen molar-refractivity contribution in [3.8, 4) is 0 Å². The van der Waals surface area contributed by atoms with Crippen LogP contribution in [0.4, 0.5) is 32.7 Å². The molecule has 2 aromatic carbocycles. The Morgan fingerprint density at radius 1 is 0.966 bits per heavy atom. The van der Waals surface area contributed by atoms with Crippen LogP contribution in [0.15, 0.2) is 66.9 Å². The lowest BCUT2D eigenvalue weighted by atomic mass is 9.55. The Kier molecular flexibility index (Phi) is 12.8. The highest BCUT2D eigenvalue weighted by Gasteiger charge is 2.57. The summed E-state index contributed by atoms with van der Waals surface area (Å²) in [5.41, 5.74) is 2.27. The van der Waals surface area contributed by atoms with Gasteiger partial charge in [-0.15, -0.1) is 0 Å². The van der Waals surface area contributed by atoms with E-state index in [2.05, 4.69) is 73.3 Å². The minimum Gasteiger partial charge on any atom is -0.465 e. The fraction of sp³-hybridized carbons (Fsp3) is 0.465. The summed E-state index contributed by atoms with van der Waals surface area (Å²) in [6.07, 6.45) is 7.88. The monoisotopic (exact) mass is 832 g/mol. The van der Waals surface area contributed by atoms with Gasteiger partial charge in [0, 0.05) is 36.0 Å². The maximum absolute atomic E-state index is 12.9. The molecule has 0 unspecified atom stereocenters. The summed E-state index contributed by atoms with van der Waals surface area (Å²) in [7, 11) is -2.55. The largest absolute Gasteiger partial charge is 0.465 e. The van der Waals surface area contributed by atoms with Crippen molar-refractivity contribution >= 4 is 75.9 Å². The summed E-state index contributed by atoms with van der Waals surface area (Å²) >= 11 is 6.46. The third-order valence-corrected chi connectivity index (χ3v) is 12.3. The van der Waals surface area contributed by atoms with Crippen LogP contribution >= 0.6 is 18.7 Å². The summed E-state index contributed by atoms with van der Waals surface area (Å²) in [6.45, 7) is 23.5. The molecular formula is C43H58ClN8O5P. The zero-order valence-electron chi connectivity index (χ0n) is 35.5. The van der Waals surface area contributed by atoms with Gasteiger partial charge in [-0.25, -0.2) is 14.6 Å². The highest BCUT2D eigenvalue weighted by molar-refractivity contribution is 7.70. The number of para-hydroxylation sites is 1. The number of H-pyrrole nitrogens is 1. The van der Waals surface area contributed by atoms with Crippen LogP contribution in [0.3, 0.4) is 0 Å². The summed E-state index contributed by atoms with van der Waals surface area (Å²) < 4.78 is 18.1. The first-order chi connectivity index (χ1) is 26.9. The van der Waals surface area contributed by atoms with E-state index >= 15 is 0 Å². The molecule has 4 N–H and O–H groups in total. The van der Waals surface area contributed by atoms with Gasteiger partial charge in [-0.1, -0.05) is 83.5 Å². The number of hydrogen-bond acceptors (Lipinski definition) is 9. The molecule has 0 radical (unpaired) electrons. The maximum Gasteiger partial charge on any atom is 0.410 e. The Hall–Kier alpha value is -4.87. The van der Waals surface area contributed by atoms with Gasteiger partial charge in [0.15, 0.2) is 5.82 Å². The van der Waals surface area contributed by atoms with E-state index in [4.69, 9.17) is 21.4 Å². The SMILES string of the molecule is CC(C)(C)C1(C(C)(C)C)CC(c2n[nH]c3ccc(Nc4ncc(Cl)c(Nc5ccccc5P(C)(C)=O)n4)cc23)=CCN1C(=O)O.CC(C)(C)OC(=O)N1CC=CCC1. The van der Waals surface area contributed by atoms with Gasteiger partial charge < -0.3 is 29.9 Å². The normalized spacial score (nSPS) is 16.0. The molecular weight excluding hydrogens is 775 g/mol. The quantitative estimate of drug-likeness (QED) is 0.108. The van der Waals surface area contributed by atoms with Crippen molar-refractivity contribution in [2.75, 3.05) is 43.6 Å². The van der Waals surface area contributed by atoms with Crippen molar-refractivity contribution < 1.29 is 24.0 Å². The van der Waals surface area contributed by atoms with E-state index in [9.17, 15) is 19.3 Å². The molecule has 0 spiro atoms. The minimum atomic E-state index is -2.55. The lowest BCUT2D eigenvalue weighted by Gasteiger charge is -2.60. The van der Waals surface area contributed by atoms with Crippen molar-refractivity contribution in [1.82, 2.24) is 30.0 Å². The molecule has 2 aliphatic rings. The van der Waals surface area contributed by atoms with E-state index < -0.39 is 24.4 Å². The molecule has 0 bridgehead atoms. The number of aromatic nitrogens is 4. The number of anilines is 4. The van der Waals surface area contributed by atoms with Gasteiger partial charge in [0.1, 0.15) is 17.8 Å². The van der Waals surface area contributed by atoms with E-state index in [0.29, 0.717) is 40.7 Å². The van der Waals surface area contributed by atoms with Crippen molar-refractivity contribution in [1.29, 1.82) is 0 Å².